The van der Waals surface area contributed by atoms with E-state index in [1.807, 2.05) is 24.3 Å². The van der Waals surface area contributed by atoms with Crippen LogP contribution < -0.4 is 19.3 Å². The fourth-order valence-corrected chi connectivity index (χ4v) is 7.71. The second-order valence-corrected chi connectivity index (χ2v) is 11.8. The van der Waals surface area contributed by atoms with Crippen LogP contribution in [0.3, 0.4) is 0 Å². The summed E-state index contributed by atoms with van der Waals surface area (Å²) in [7, 11) is 1.55. The van der Waals surface area contributed by atoms with Gasteiger partial charge >= 0.3 is 5.97 Å². The van der Waals surface area contributed by atoms with Crippen LogP contribution in [0, 0.1) is 17.8 Å². The third kappa shape index (κ3) is 3.83. The van der Waals surface area contributed by atoms with Crippen molar-refractivity contribution >= 4 is 35.1 Å². The van der Waals surface area contributed by atoms with Crippen LogP contribution >= 0.6 is 0 Å². The Morgan fingerprint density at radius 2 is 1.20 bits per heavy atom. The van der Waals surface area contributed by atoms with Gasteiger partial charge in [0.05, 0.1) is 30.6 Å². The number of amides is 3. The quantitative estimate of drug-likeness (QED) is 0.185. The maximum Gasteiger partial charge on any atom is 0.316 e. The molecule has 9 rings (SSSR count). The van der Waals surface area contributed by atoms with Gasteiger partial charge in [0.2, 0.25) is 17.7 Å². The van der Waals surface area contributed by atoms with E-state index in [4.69, 9.17) is 9.47 Å². The number of methoxy groups -OCH3 is 1. The SMILES string of the molecule is COc1cccc(N2C[C@@H](C(=O)Oc3cccc(N4C(=O)[C@@H]5C6c7ccccc7C(c7ccccc76)[C@@H]5C4=O)c3)CC2=O)c1. The zero-order valence-corrected chi connectivity index (χ0v) is 23.9. The molecule has 4 aromatic carbocycles. The fourth-order valence-electron chi connectivity index (χ4n) is 7.71. The fraction of sp³-hybridized carbons (Fsp3) is 0.222. The first-order valence-electron chi connectivity index (χ1n) is 14.8. The van der Waals surface area contributed by atoms with Crippen molar-refractivity contribution in [1.82, 2.24) is 0 Å². The van der Waals surface area contributed by atoms with Gasteiger partial charge in [-0.1, -0.05) is 60.7 Å². The van der Waals surface area contributed by atoms with E-state index in [0.29, 0.717) is 17.1 Å². The lowest BCUT2D eigenvalue weighted by Crippen LogP contribution is -2.41. The second kappa shape index (κ2) is 9.91. The molecule has 3 atom stereocenters. The number of carbonyl (C=O) groups is 4. The Morgan fingerprint density at radius 1 is 0.682 bits per heavy atom. The van der Waals surface area contributed by atoms with E-state index in [1.54, 1.807) is 60.5 Å². The lowest BCUT2D eigenvalue weighted by atomic mass is 9.55. The van der Waals surface area contributed by atoms with Crippen LogP contribution in [-0.4, -0.2) is 37.3 Å². The lowest BCUT2D eigenvalue weighted by molar-refractivity contribution is -0.139. The Labute approximate surface area is 253 Å². The van der Waals surface area contributed by atoms with Crippen LogP contribution in [0.4, 0.5) is 11.4 Å². The van der Waals surface area contributed by atoms with E-state index in [2.05, 4.69) is 24.3 Å². The van der Waals surface area contributed by atoms with Gasteiger partial charge in [-0.25, -0.2) is 4.90 Å². The summed E-state index contributed by atoms with van der Waals surface area (Å²) in [5.41, 5.74) is 5.45. The maximum absolute atomic E-state index is 14.1. The number of benzene rings is 4. The molecule has 4 aromatic rings. The molecule has 2 saturated heterocycles. The van der Waals surface area contributed by atoms with Crippen molar-refractivity contribution in [1.29, 1.82) is 0 Å². The normalized spacial score (nSPS) is 24.7. The standard InChI is InChI=1S/C36H28N2O6/c1-43-23-10-6-8-21(17-23)37-19-20(16-29(37)39)36(42)44-24-11-7-9-22(18-24)38-34(40)32-30-25-12-2-3-13-26(25)31(33(32)35(38)41)28-15-5-4-14-27(28)30/h2-15,17-18,20,30-33H,16,19H2,1H3/t20-,30?,31?,32-,33+/m0/s1. The minimum absolute atomic E-state index is 0.0199. The number of ether oxygens (including phenoxy) is 2. The number of rotatable bonds is 5. The molecule has 0 aromatic heterocycles. The van der Waals surface area contributed by atoms with Gasteiger partial charge in [0.1, 0.15) is 11.5 Å². The summed E-state index contributed by atoms with van der Waals surface area (Å²) in [5, 5.41) is 0. The number of esters is 1. The van der Waals surface area contributed by atoms with Crippen LogP contribution in [-0.2, 0) is 19.2 Å². The van der Waals surface area contributed by atoms with Gasteiger partial charge in [0.25, 0.3) is 0 Å². The Morgan fingerprint density at radius 3 is 1.77 bits per heavy atom. The molecule has 5 aliphatic rings. The Bertz CT molecular complexity index is 1770. The first-order valence-corrected chi connectivity index (χ1v) is 14.8. The van der Waals surface area contributed by atoms with E-state index < -0.39 is 23.7 Å². The number of hydrogen-bond acceptors (Lipinski definition) is 6. The molecule has 8 heteroatoms. The highest BCUT2D eigenvalue weighted by Crippen LogP contribution is 2.61. The lowest BCUT2D eigenvalue weighted by Gasteiger charge is -2.45. The zero-order valence-electron chi connectivity index (χ0n) is 23.9. The van der Waals surface area contributed by atoms with Gasteiger partial charge in [-0.3, -0.25) is 19.2 Å². The predicted octanol–water partition coefficient (Wildman–Crippen LogP) is 5.05. The molecule has 8 nitrogen and oxygen atoms in total. The first-order chi connectivity index (χ1) is 21.4. The molecule has 0 N–H and O–H groups in total. The Balaban J connectivity index is 1.05. The molecular formula is C36H28N2O6. The number of carbonyl (C=O) groups excluding carboxylic acids is 4. The molecule has 3 amide bonds. The van der Waals surface area contributed by atoms with Crippen molar-refractivity contribution in [3.63, 3.8) is 0 Å². The number of nitrogens with zero attached hydrogens (tertiary/aromatic N) is 2. The summed E-state index contributed by atoms with van der Waals surface area (Å²) in [6.07, 6.45) is 0.0199. The first kappa shape index (κ1) is 26.4. The van der Waals surface area contributed by atoms with Gasteiger partial charge in [-0.2, -0.15) is 0 Å². The van der Waals surface area contributed by atoms with E-state index in [-0.39, 0.29) is 48.3 Å². The average molecular weight is 585 g/mol. The second-order valence-electron chi connectivity index (χ2n) is 11.8. The molecule has 0 unspecified atom stereocenters. The summed E-state index contributed by atoms with van der Waals surface area (Å²) < 4.78 is 11.0. The summed E-state index contributed by atoms with van der Waals surface area (Å²) in [4.78, 5) is 57.0. The van der Waals surface area contributed by atoms with Crippen molar-refractivity contribution in [2.45, 2.75) is 18.3 Å². The highest BCUT2D eigenvalue weighted by Gasteiger charge is 2.61. The van der Waals surface area contributed by atoms with Crippen molar-refractivity contribution in [3.8, 4) is 11.5 Å². The molecule has 2 aliphatic heterocycles. The minimum Gasteiger partial charge on any atom is -0.497 e. The molecule has 3 aliphatic carbocycles. The largest absolute Gasteiger partial charge is 0.497 e. The van der Waals surface area contributed by atoms with E-state index >= 15 is 0 Å². The molecule has 2 fully saturated rings. The molecule has 218 valence electrons. The minimum atomic E-state index is -0.664. The van der Waals surface area contributed by atoms with Crippen LogP contribution in [0.15, 0.2) is 97.1 Å². The Kier molecular flexibility index (Phi) is 5.94. The van der Waals surface area contributed by atoms with Crippen LogP contribution in [0.5, 0.6) is 11.5 Å². The van der Waals surface area contributed by atoms with E-state index in [0.717, 1.165) is 22.3 Å². The molecular weight excluding hydrogens is 556 g/mol. The van der Waals surface area contributed by atoms with Gasteiger partial charge < -0.3 is 14.4 Å². The van der Waals surface area contributed by atoms with Crippen molar-refractivity contribution in [2.24, 2.45) is 17.8 Å². The Hall–Kier alpha value is -5.24. The summed E-state index contributed by atoms with van der Waals surface area (Å²) >= 11 is 0. The predicted molar refractivity (Wildman–Crippen MR) is 162 cm³/mol. The number of anilines is 2. The number of imide groups is 1. The van der Waals surface area contributed by atoms with Gasteiger partial charge in [-0.05, 0) is 46.5 Å². The summed E-state index contributed by atoms with van der Waals surface area (Å²) in [5.74, 6) is -2.45. The van der Waals surface area contributed by atoms with Crippen molar-refractivity contribution in [2.75, 3.05) is 23.5 Å². The topological polar surface area (TPSA) is 93.2 Å². The van der Waals surface area contributed by atoms with Crippen LogP contribution in [0.25, 0.3) is 0 Å². The highest BCUT2D eigenvalue weighted by molar-refractivity contribution is 6.23. The average Bonchev–Trinajstić information content (AvgIpc) is 3.58. The monoisotopic (exact) mass is 584 g/mol. The number of hydrogen-bond donors (Lipinski definition) is 0. The summed E-state index contributed by atoms with van der Waals surface area (Å²) in [6, 6.07) is 29.9. The van der Waals surface area contributed by atoms with Crippen molar-refractivity contribution < 1.29 is 28.7 Å². The zero-order chi connectivity index (χ0) is 30.1. The van der Waals surface area contributed by atoms with E-state index in [1.165, 1.54) is 4.90 Å². The summed E-state index contributed by atoms with van der Waals surface area (Å²) in [6.45, 7) is 0.181. The smallest absolute Gasteiger partial charge is 0.316 e. The third-order valence-electron chi connectivity index (χ3n) is 9.57. The van der Waals surface area contributed by atoms with E-state index in [9.17, 15) is 19.2 Å². The van der Waals surface area contributed by atoms with Gasteiger partial charge in [0, 0.05) is 42.6 Å². The van der Waals surface area contributed by atoms with Gasteiger partial charge in [0.15, 0.2) is 0 Å². The highest BCUT2D eigenvalue weighted by atomic mass is 16.5. The molecule has 2 heterocycles. The molecule has 44 heavy (non-hydrogen) atoms. The van der Waals surface area contributed by atoms with Crippen LogP contribution in [0.2, 0.25) is 0 Å². The molecule has 2 bridgehead atoms. The molecule has 0 spiro atoms. The van der Waals surface area contributed by atoms with Crippen LogP contribution in [0.1, 0.15) is 40.5 Å². The van der Waals surface area contributed by atoms with Gasteiger partial charge in [-0.15, -0.1) is 0 Å². The van der Waals surface area contributed by atoms with Crippen molar-refractivity contribution in [3.05, 3.63) is 119 Å². The third-order valence-corrected chi connectivity index (χ3v) is 9.57. The molecule has 0 radical (unpaired) electrons. The molecule has 0 saturated carbocycles. The maximum atomic E-state index is 14.1.